The summed E-state index contributed by atoms with van der Waals surface area (Å²) < 4.78 is 3.28. The molecule has 0 amide bonds. The number of imidazole rings is 1. The molecule has 4 rings (SSSR count). The topological polar surface area (TPSA) is 72.9 Å². The average Bonchev–Trinajstić information content (AvgIpc) is 3.28. The lowest BCUT2D eigenvalue weighted by atomic mass is 10.00. The summed E-state index contributed by atoms with van der Waals surface area (Å²) in [5.41, 5.74) is 1.58. The summed E-state index contributed by atoms with van der Waals surface area (Å²) >= 11 is 0. The summed E-state index contributed by atoms with van der Waals surface area (Å²) in [5.74, 6) is 0.583. The van der Waals surface area contributed by atoms with Crippen molar-refractivity contribution in [2.45, 2.75) is 44.8 Å². The van der Waals surface area contributed by atoms with E-state index in [1.54, 1.807) is 10.9 Å². The average molecular weight is 338 g/mol. The fraction of sp³-hybridized carbons (Fsp3) is 0.421. The molecular weight excluding hydrogens is 316 g/mol. The van der Waals surface area contributed by atoms with E-state index < -0.39 is 6.10 Å². The van der Waals surface area contributed by atoms with E-state index in [0.717, 1.165) is 12.1 Å². The van der Waals surface area contributed by atoms with E-state index in [1.165, 1.54) is 36.6 Å². The Labute approximate surface area is 145 Å². The highest BCUT2D eigenvalue weighted by atomic mass is 16.3. The number of hydrogen-bond acceptors (Lipinski definition) is 4. The lowest BCUT2D eigenvalue weighted by Crippen LogP contribution is -2.28. The van der Waals surface area contributed by atoms with Gasteiger partial charge < -0.3 is 5.11 Å². The van der Waals surface area contributed by atoms with Crippen LogP contribution in [0.1, 0.15) is 32.1 Å². The predicted octanol–water partition coefficient (Wildman–Crippen LogP) is 2.52. The molecule has 0 aliphatic heterocycles. The molecule has 1 aliphatic rings. The van der Waals surface area contributed by atoms with Crippen LogP contribution in [0.2, 0.25) is 0 Å². The molecule has 3 aromatic rings. The van der Waals surface area contributed by atoms with Crippen LogP contribution in [0.3, 0.4) is 0 Å². The second-order valence-electron chi connectivity index (χ2n) is 6.86. The van der Waals surface area contributed by atoms with E-state index in [4.69, 9.17) is 0 Å². The number of aliphatic hydroxyl groups is 1. The van der Waals surface area contributed by atoms with E-state index in [2.05, 4.69) is 9.97 Å². The zero-order valence-corrected chi connectivity index (χ0v) is 14.1. The second-order valence-corrected chi connectivity index (χ2v) is 6.86. The molecule has 130 valence electrons. The van der Waals surface area contributed by atoms with Crippen LogP contribution >= 0.6 is 0 Å². The smallest absolute Gasteiger partial charge is 0.281 e. The van der Waals surface area contributed by atoms with Crippen LogP contribution in [0.15, 0.2) is 47.8 Å². The Kier molecular flexibility index (Phi) is 4.36. The molecule has 0 saturated heterocycles. The Morgan fingerprint density at radius 1 is 1.12 bits per heavy atom. The Morgan fingerprint density at radius 2 is 1.88 bits per heavy atom. The molecule has 0 radical (unpaired) electrons. The molecule has 6 nitrogen and oxygen atoms in total. The third kappa shape index (κ3) is 3.22. The molecule has 1 saturated carbocycles. The zero-order valence-electron chi connectivity index (χ0n) is 14.1. The quantitative estimate of drug-likeness (QED) is 0.776. The van der Waals surface area contributed by atoms with Crippen molar-refractivity contribution in [2.24, 2.45) is 5.92 Å². The minimum absolute atomic E-state index is 0.204. The first-order chi connectivity index (χ1) is 12.2. The molecule has 1 fully saturated rings. The molecule has 25 heavy (non-hydrogen) atoms. The van der Waals surface area contributed by atoms with Crippen LogP contribution in [0.5, 0.6) is 0 Å². The van der Waals surface area contributed by atoms with Gasteiger partial charge in [-0.15, -0.1) is 0 Å². The lowest BCUT2D eigenvalue weighted by molar-refractivity contribution is 0.123. The molecule has 2 aromatic heterocycles. The van der Waals surface area contributed by atoms with Crippen molar-refractivity contribution in [1.29, 1.82) is 0 Å². The fourth-order valence-electron chi connectivity index (χ4n) is 3.77. The largest absolute Gasteiger partial charge is 0.391 e. The molecule has 1 atom stereocenters. The second kappa shape index (κ2) is 6.80. The summed E-state index contributed by atoms with van der Waals surface area (Å²) in [6.45, 7) is 0.274. The number of hydrogen-bond donors (Lipinski definition) is 1. The minimum Gasteiger partial charge on any atom is -0.391 e. The van der Waals surface area contributed by atoms with Gasteiger partial charge in [-0.05, 0) is 24.5 Å². The highest BCUT2D eigenvalue weighted by molar-refractivity contribution is 5.71. The Morgan fingerprint density at radius 3 is 2.64 bits per heavy atom. The lowest BCUT2D eigenvalue weighted by Gasteiger charge is -2.16. The minimum atomic E-state index is -0.517. The van der Waals surface area contributed by atoms with Crippen molar-refractivity contribution in [3.05, 3.63) is 53.3 Å². The molecule has 1 unspecified atom stereocenters. The summed E-state index contributed by atoms with van der Waals surface area (Å²) in [5, 5.41) is 10.3. The van der Waals surface area contributed by atoms with E-state index in [-0.39, 0.29) is 12.1 Å². The van der Waals surface area contributed by atoms with Gasteiger partial charge in [0.15, 0.2) is 11.2 Å². The van der Waals surface area contributed by atoms with Crippen LogP contribution in [0.25, 0.3) is 16.9 Å². The van der Waals surface area contributed by atoms with Crippen molar-refractivity contribution < 1.29 is 5.11 Å². The number of aliphatic hydroxyl groups excluding tert-OH is 1. The standard InChI is InChI=1S/C19H22N4O2/c24-16(10-14-6-4-5-7-14)11-22-12-21-18-17(19(22)25)20-13-23(18)15-8-2-1-3-9-15/h1-3,8-9,12-14,16,24H,4-7,10-11H2. The zero-order chi connectivity index (χ0) is 17.2. The first-order valence-corrected chi connectivity index (χ1v) is 8.88. The first-order valence-electron chi connectivity index (χ1n) is 8.88. The van der Waals surface area contributed by atoms with Crippen molar-refractivity contribution in [2.75, 3.05) is 0 Å². The highest BCUT2D eigenvalue weighted by Gasteiger charge is 2.20. The highest BCUT2D eigenvalue weighted by Crippen LogP contribution is 2.28. The number of benzene rings is 1. The van der Waals surface area contributed by atoms with Crippen LogP contribution in [-0.4, -0.2) is 30.3 Å². The summed E-state index contributed by atoms with van der Waals surface area (Å²) in [7, 11) is 0. The predicted molar refractivity (Wildman–Crippen MR) is 95.7 cm³/mol. The van der Waals surface area contributed by atoms with Crippen molar-refractivity contribution >= 4 is 11.2 Å². The monoisotopic (exact) mass is 338 g/mol. The third-order valence-corrected chi connectivity index (χ3v) is 5.05. The Balaban J connectivity index is 1.59. The Hall–Kier alpha value is -2.47. The van der Waals surface area contributed by atoms with Gasteiger partial charge in [0.05, 0.1) is 12.6 Å². The van der Waals surface area contributed by atoms with Gasteiger partial charge in [0.25, 0.3) is 5.56 Å². The van der Waals surface area contributed by atoms with Crippen molar-refractivity contribution in [3.8, 4) is 5.69 Å². The van der Waals surface area contributed by atoms with Crippen molar-refractivity contribution in [3.63, 3.8) is 0 Å². The van der Waals surface area contributed by atoms with E-state index >= 15 is 0 Å². The molecule has 1 aliphatic carbocycles. The summed E-state index contributed by atoms with van der Waals surface area (Å²) in [4.78, 5) is 21.3. The number of para-hydroxylation sites is 1. The molecule has 1 N–H and O–H groups in total. The van der Waals surface area contributed by atoms with Crippen LogP contribution in [-0.2, 0) is 6.54 Å². The maximum Gasteiger partial charge on any atom is 0.281 e. The molecule has 1 aromatic carbocycles. The molecule has 0 spiro atoms. The number of aromatic nitrogens is 4. The number of nitrogens with zero attached hydrogens (tertiary/aromatic N) is 4. The van der Waals surface area contributed by atoms with Gasteiger partial charge in [-0.3, -0.25) is 13.9 Å². The summed E-state index contributed by atoms with van der Waals surface area (Å²) in [6.07, 6.45) is 8.25. The van der Waals surface area contributed by atoms with E-state index in [9.17, 15) is 9.90 Å². The molecular formula is C19H22N4O2. The third-order valence-electron chi connectivity index (χ3n) is 5.05. The van der Waals surface area contributed by atoms with Gasteiger partial charge >= 0.3 is 0 Å². The van der Waals surface area contributed by atoms with Gasteiger partial charge in [-0.1, -0.05) is 43.9 Å². The first kappa shape index (κ1) is 16.0. The molecule has 6 heteroatoms. The number of fused-ring (bicyclic) bond motifs is 1. The van der Waals surface area contributed by atoms with Crippen molar-refractivity contribution in [1.82, 2.24) is 19.1 Å². The maximum absolute atomic E-state index is 12.7. The van der Waals surface area contributed by atoms with Crippen LogP contribution in [0.4, 0.5) is 0 Å². The number of rotatable bonds is 5. The van der Waals surface area contributed by atoms with E-state index in [1.807, 2.05) is 30.3 Å². The Bertz CT molecular complexity index is 910. The molecule has 0 bridgehead atoms. The van der Waals surface area contributed by atoms with Gasteiger partial charge in [-0.2, -0.15) is 0 Å². The van der Waals surface area contributed by atoms with Gasteiger partial charge in [-0.25, -0.2) is 9.97 Å². The van der Waals surface area contributed by atoms with Crippen LogP contribution in [0, 0.1) is 5.92 Å². The maximum atomic E-state index is 12.7. The van der Waals surface area contributed by atoms with Gasteiger partial charge in [0.2, 0.25) is 0 Å². The molecule has 2 heterocycles. The van der Waals surface area contributed by atoms with Gasteiger partial charge in [0, 0.05) is 5.69 Å². The summed E-state index contributed by atoms with van der Waals surface area (Å²) in [6, 6.07) is 9.69. The van der Waals surface area contributed by atoms with E-state index in [0.29, 0.717) is 17.1 Å². The SMILES string of the molecule is O=c1c2ncn(-c3ccccc3)c2ncn1CC(O)CC1CCCC1. The van der Waals surface area contributed by atoms with Gasteiger partial charge in [0.1, 0.15) is 12.7 Å². The normalized spacial score (nSPS) is 16.5. The fourth-order valence-corrected chi connectivity index (χ4v) is 3.77. The van der Waals surface area contributed by atoms with Crippen LogP contribution < -0.4 is 5.56 Å².